The van der Waals surface area contributed by atoms with Crippen molar-refractivity contribution in [1.82, 2.24) is 0 Å². The van der Waals surface area contributed by atoms with Gasteiger partial charge >= 0.3 is 5.97 Å². The maximum Gasteiger partial charge on any atom is 0.307 e. The molecule has 2 aliphatic carbocycles. The van der Waals surface area contributed by atoms with Crippen molar-refractivity contribution in [3.05, 3.63) is 40.5 Å². The first-order valence-electron chi connectivity index (χ1n) is 8.26. The second-order valence-corrected chi connectivity index (χ2v) is 6.85. The van der Waals surface area contributed by atoms with E-state index < -0.39 is 17.8 Å². The van der Waals surface area contributed by atoms with Crippen molar-refractivity contribution < 1.29 is 14.7 Å². The minimum atomic E-state index is -0.883. The fraction of sp³-hybridized carbons (Fsp3) is 0.474. The van der Waals surface area contributed by atoms with E-state index in [2.05, 4.69) is 11.4 Å². The minimum Gasteiger partial charge on any atom is -0.481 e. The molecule has 0 fully saturated rings. The molecule has 23 heavy (non-hydrogen) atoms. The standard InChI is InChI=1S/C19H23NO3/c1-11-8-16(17(19(22)23)9-12(11)2)18(21)20-15-7-6-13-4-3-5-14(13)10-15/h6-7,10,16-17H,3-5,8-9H2,1-2H3,(H,20,21)(H,22,23). The van der Waals surface area contributed by atoms with Gasteiger partial charge in [-0.15, -0.1) is 0 Å². The molecular formula is C19H23NO3. The maximum atomic E-state index is 12.6. The predicted octanol–water partition coefficient (Wildman–Crippen LogP) is 3.56. The normalized spacial score (nSPS) is 23.6. The van der Waals surface area contributed by atoms with Crippen LogP contribution in [0.15, 0.2) is 29.3 Å². The number of anilines is 1. The van der Waals surface area contributed by atoms with Gasteiger partial charge in [-0.1, -0.05) is 17.2 Å². The van der Waals surface area contributed by atoms with Crippen molar-refractivity contribution in [3.8, 4) is 0 Å². The molecule has 1 aromatic rings. The number of carboxylic acids is 1. The van der Waals surface area contributed by atoms with E-state index in [1.807, 2.05) is 26.0 Å². The summed E-state index contributed by atoms with van der Waals surface area (Å²) >= 11 is 0. The Morgan fingerprint density at radius 3 is 2.39 bits per heavy atom. The number of hydrogen-bond acceptors (Lipinski definition) is 2. The van der Waals surface area contributed by atoms with Crippen LogP contribution < -0.4 is 5.32 Å². The van der Waals surface area contributed by atoms with Gasteiger partial charge in [0.05, 0.1) is 11.8 Å². The molecule has 0 aliphatic heterocycles. The summed E-state index contributed by atoms with van der Waals surface area (Å²) in [6.45, 7) is 3.95. The highest BCUT2D eigenvalue weighted by Crippen LogP contribution is 2.35. The SMILES string of the molecule is CC1=C(C)CC(C(=O)Nc2ccc3c(c2)CCC3)C(C(=O)O)C1. The first-order valence-corrected chi connectivity index (χ1v) is 8.26. The molecule has 122 valence electrons. The number of carboxylic acid groups (broad SMARTS) is 1. The van der Waals surface area contributed by atoms with Gasteiger partial charge in [-0.25, -0.2) is 0 Å². The average molecular weight is 313 g/mol. The van der Waals surface area contributed by atoms with E-state index >= 15 is 0 Å². The van der Waals surface area contributed by atoms with Crippen LogP contribution in [0.1, 0.15) is 44.2 Å². The van der Waals surface area contributed by atoms with Crippen LogP contribution in [0.5, 0.6) is 0 Å². The Morgan fingerprint density at radius 1 is 1.04 bits per heavy atom. The van der Waals surface area contributed by atoms with Gasteiger partial charge in [0.1, 0.15) is 0 Å². The number of amides is 1. The molecule has 0 saturated carbocycles. The summed E-state index contributed by atoms with van der Waals surface area (Å²) in [7, 11) is 0. The van der Waals surface area contributed by atoms with Gasteiger partial charge in [-0.2, -0.15) is 0 Å². The Balaban J connectivity index is 1.77. The van der Waals surface area contributed by atoms with Gasteiger partial charge in [0.2, 0.25) is 5.91 Å². The maximum absolute atomic E-state index is 12.6. The summed E-state index contributed by atoms with van der Waals surface area (Å²) in [6, 6.07) is 6.03. The Hall–Kier alpha value is -2.10. The Bertz CT molecular complexity index is 690. The van der Waals surface area contributed by atoms with Crippen LogP contribution in [0, 0.1) is 11.8 Å². The summed E-state index contributed by atoms with van der Waals surface area (Å²) in [6.07, 6.45) is 4.32. The Labute approximate surface area is 136 Å². The number of aliphatic carboxylic acids is 1. The number of nitrogens with one attached hydrogen (secondary N) is 1. The highest BCUT2D eigenvalue weighted by Gasteiger charge is 2.37. The molecule has 0 aromatic heterocycles. The molecule has 0 spiro atoms. The summed E-state index contributed by atoms with van der Waals surface area (Å²) in [5.41, 5.74) is 5.67. The molecule has 1 aromatic carbocycles. The van der Waals surface area contributed by atoms with Crippen molar-refractivity contribution in [1.29, 1.82) is 0 Å². The van der Waals surface area contributed by atoms with Crippen molar-refractivity contribution in [2.45, 2.75) is 46.0 Å². The molecule has 4 nitrogen and oxygen atoms in total. The third-order valence-corrected chi connectivity index (χ3v) is 5.29. The lowest BCUT2D eigenvalue weighted by molar-refractivity contribution is -0.146. The van der Waals surface area contributed by atoms with Crippen LogP contribution in [-0.4, -0.2) is 17.0 Å². The number of benzene rings is 1. The average Bonchev–Trinajstić information content (AvgIpc) is 2.96. The molecule has 0 heterocycles. The van der Waals surface area contributed by atoms with E-state index in [1.54, 1.807) is 0 Å². The van der Waals surface area contributed by atoms with E-state index in [-0.39, 0.29) is 5.91 Å². The molecule has 1 amide bonds. The highest BCUT2D eigenvalue weighted by atomic mass is 16.4. The number of aryl methyl sites for hydroxylation is 2. The molecule has 4 heteroatoms. The molecule has 2 aliphatic rings. The molecule has 2 unspecified atom stereocenters. The van der Waals surface area contributed by atoms with Crippen LogP contribution in [0.4, 0.5) is 5.69 Å². The number of carbonyl (C=O) groups is 2. The lowest BCUT2D eigenvalue weighted by atomic mass is 9.76. The van der Waals surface area contributed by atoms with E-state index in [4.69, 9.17) is 0 Å². The number of fused-ring (bicyclic) bond motifs is 1. The van der Waals surface area contributed by atoms with Crippen LogP contribution in [0.3, 0.4) is 0 Å². The van der Waals surface area contributed by atoms with Crippen LogP contribution in [0.25, 0.3) is 0 Å². The minimum absolute atomic E-state index is 0.179. The zero-order valence-electron chi connectivity index (χ0n) is 13.7. The smallest absolute Gasteiger partial charge is 0.307 e. The fourth-order valence-electron chi connectivity index (χ4n) is 3.71. The highest BCUT2D eigenvalue weighted by molar-refractivity contribution is 5.95. The molecular weight excluding hydrogens is 290 g/mol. The third-order valence-electron chi connectivity index (χ3n) is 5.29. The lowest BCUT2D eigenvalue weighted by Crippen LogP contribution is -2.36. The van der Waals surface area contributed by atoms with Crippen molar-refractivity contribution in [2.75, 3.05) is 5.32 Å². The van der Waals surface area contributed by atoms with Crippen molar-refractivity contribution in [2.24, 2.45) is 11.8 Å². The molecule has 2 N–H and O–H groups in total. The number of hydrogen-bond donors (Lipinski definition) is 2. The fourth-order valence-corrected chi connectivity index (χ4v) is 3.71. The largest absolute Gasteiger partial charge is 0.481 e. The third kappa shape index (κ3) is 3.16. The quantitative estimate of drug-likeness (QED) is 0.839. The summed E-state index contributed by atoms with van der Waals surface area (Å²) in [4.78, 5) is 24.2. The zero-order valence-corrected chi connectivity index (χ0v) is 13.7. The zero-order chi connectivity index (χ0) is 16.6. The van der Waals surface area contributed by atoms with E-state index in [1.165, 1.54) is 17.5 Å². The summed E-state index contributed by atoms with van der Waals surface area (Å²) in [5, 5.41) is 12.4. The van der Waals surface area contributed by atoms with Crippen LogP contribution in [-0.2, 0) is 22.4 Å². The van der Waals surface area contributed by atoms with Crippen LogP contribution >= 0.6 is 0 Å². The van der Waals surface area contributed by atoms with Gasteiger partial charge in [-0.3, -0.25) is 9.59 Å². The topological polar surface area (TPSA) is 66.4 Å². The summed E-state index contributed by atoms with van der Waals surface area (Å²) < 4.78 is 0. The molecule has 0 radical (unpaired) electrons. The van der Waals surface area contributed by atoms with Gasteiger partial charge in [-0.05, 0) is 69.2 Å². The van der Waals surface area contributed by atoms with E-state index in [0.29, 0.717) is 12.8 Å². The van der Waals surface area contributed by atoms with Gasteiger partial charge < -0.3 is 10.4 Å². The number of rotatable bonds is 3. The second-order valence-electron chi connectivity index (χ2n) is 6.85. The molecule has 2 atom stereocenters. The first kappa shape index (κ1) is 15.8. The van der Waals surface area contributed by atoms with Gasteiger partial charge in [0, 0.05) is 5.69 Å². The Kier molecular flexibility index (Phi) is 4.24. The molecule has 0 saturated heterocycles. The lowest BCUT2D eigenvalue weighted by Gasteiger charge is -2.29. The predicted molar refractivity (Wildman–Crippen MR) is 89.3 cm³/mol. The van der Waals surface area contributed by atoms with Crippen molar-refractivity contribution >= 4 is 17.6 Å². The molecule has 3 rings (SSSR count). The first-order chi connectivity index (χ1) is 11.0. The van der Waals surface area contributed by atoms with E-state index in [0.717, 1.165) is 29.7 Å². The monoisotopic (exact) mass is 313 g/mol. The molecule has 0 bridgehead atoms. The van der Waals surface area contributed by atoms with Crippen LogP contribution in [0.2, 0.25) is 0 Å². The van der Waals surface area contributed by atoms with Gasteiger partial charge in [0.15, 0.2) is 0 Å². The summed E-state index contributed by atoms with van der Waals surface area (Å²) in [5.74, 6) is -2.19. The number of carbonyl (C=O) groups excluding carboxylic acids is 1. The van der Waals surface area contributed by atoms with Gasteiger partial charge in [0.25, 0.3) is 0 Å². The Morgan fingerprint density at radius 2 is 1.70 bits per heavy atom. The van der Waals surface area contributed by atoms with E-state index in [9.17, 15) is 14.7 Å². The number of allylic oxidation sites excluding steroid dienone is 2. The van der Waals surface area contributed by atoms with Crippen molar-refractivity contribution in [3.63, 3.8) is 0 Å². The second kappa shape index (κ2) is 6.19.